The summed E-state index contributed by atoms with van der Waals surface area (Å²) >= 11 is 0. The van der Waals surface area contributed by atoms with E-state index in [4.69, 9.17) is 9.26 Å². The maximum absolute atomic E-state index is 5.58. The Labute approximate surface area is 94.2 Å². The number of aromatic nitrogens is 2. The van der Waals surface area contributed by atoms with Gasteiger partial charge in [-0.1, -0.05) is 5.16 Å². The van der Waals surface area contributed by atoms with Crippen molar-refractivity contribution in [3.8, 4) is 5.88 Å². The van der Waals surface area contributed by atoms with Crippen LogP contribution >= 0.6 is 0 Å². The van der Waals surface area contributed by atoms with Crippen LogP contribution in [0.1, 0.15) is 22.6 Å². The van der Waals surface area contributed by atoms with Crippen LogP contribution in [-0.4, -0.2) is 10.1 Å². The molecule has 0 fully saturated rings. The fourth-order valence-corrected chi connectivity index (χ4v) is 1.44. The fraction of sp³-hybridized carbons (Fsp3) is 0.333. The molecular weight excluding hydrogens is 204 g/mol. The highest BCUT2D eigenvalue weighted by molar-refractivity contribution is 5.22. The van der Waals surface area contributed by atoms with E-state index in [-0.39, 0.29) is 0 Å². The number of ether oxygens (including phenoxy) is 1. The lowest BCUT2D eigenvalue weighted by molar-refractivity contribution is 0.290. The Kier molecular flexibility index (Phi) is 2.90. The van der Waals surface area contributed by atoms with Crippen molar-refractivity contribution in [2.75, 3.05) is 0 Å². The lowest BCUT2D eigenvalue weighted by atomic mass is 10.2. The highest BCUT2D eigenvalue weighted by Crippen LogP contribution is 2.16. The zero-order valence-electron chi connectivity index (χ0n) is 9.65. The van der Waals surface area contributed by atoms with Crippen molar-refractivity contribution >= 4 is 0 Å². The van der Waals surface area contributed by atoms with Gasteiger partial charge in [0.05, 0.1) is 11.3 Å². The van der Waals surface area contributed by atoms with E-state index in [1.54, 1.807) is 6.20 Å². The van der Waals surface area contributed by atoms with Gasteiger partial charge in [0, 0.05) is 12.3 Å². The zero-order valence-corrected chi connectivity index (χ0v) is 9.65. The van der Waals surface area contributed by atoms with Gasteiger partial charge >= 0.3 is 0 Å². The topological polar surface area (TPSA) is 48.2 Å². The zero-order chi connectivity index (χ0) is 11.5. The number of aryl methyl sites for hydroxylation is 3. The Morgan fingerprint density at radius 2 is 2.12 bits per heavy atom. The molecule has 0 amide bonds. The van der Waals surface area contributed by atoms with E-state index in [1.165, 1.54) is 0 Å². The summed E-state index contributed by atoms with van der Waals surface area (Å²) in [6.07, 6.45) is 1.73. The van der Waals surface area contributed by atoms with Crippen LogP contribution in [0.3, 0.4) is 0 Å². The molecule has 4 heteroatoms. The minimum absolute atomic E-state index is 0.442. The molecule has 2 aromatic rings. The van der Waals surface area contributed by atoms with E-state index in [9.17, 15) is 0 Å². The van der Waals surface area contributed by atoms with Gasteiger partial charge in [0.1, 0.15) is 12.4 Å². The molecule has 0 aromatic carbocycles. The molecule has 0 radical (unpaired) electrons. The van der Waals surface area contributed by atoms with Crippen molar-refractivity contribution in [3.63, 3.8) is 0 Å². The van der Waals surface area contributed by atoms with Gasteiger partial charge in [-0.25, -0.2) is 4.98 Å². The SMILES string of the molecule is Cc1ccnc(OCc2c(C)noc2C)c1. The second-order valence-electron chi connectivity index (χ2n) is 3.76. The molecule has 0 unspecified atom stereocenters. The molecular formula is C12H14N2O2. The molecule has 0 bridgehead atoms. The minimum Gasteiger partial charge on any atom is -0.473 e. The van der Waals surface area contributed by atoms with E-state index >= 15 is 0 Å². The summed E-state index contributed by atoms with van der Waals surface area (Å²) in [5, 5.41) is 3.87. The lowest BCUT2D eigenvalue weighted by Crippen LogP contribution is -1.99. The quantitative estimate of drug-likeness (QED) is 0.794. The van der Waals surface area contributed by atoms with Crippen LogP contribution in [0.2, 0.25) is 0 Å². The van der Waals surface area contributed by atoms with Crippen LogP contribution in [0.25, 0.3) is 0 Å². The largest absolute Gasteiger partial charge is 0.473 e. The number of rotatable bonds is 3. The summed E-state index contributed by atoms with van der Waals surface area (Å²) in [7, 11) is 0. The second-order valence-corrected chi connectivity index (χ2v) is 3.76. The average molecular weight is 218 g/mol. The maximum Gasteiger partial charge on any atom is 0.213 e. The van der Waals surface area contributed by atoms with Gasteiger partial charge in [0.15, 0.2) is 0 Å². The molecule has 2 aromatic heterocycles. The van der Waals surface area contributed by atoms with Gasteiger partial charge in [-0.15, -0.1) is 0 Å². The van der Waals surface area contributed by atoms with Gasteiger partial charge in [0.25, 0.3) is 0 Å². The van der Waals surface area contributed by atoms with E-state index in [0.29, 0.717) is 12.5 Å². The molecule has 84 valence electrons. The van der Waals surface area contributed by atoms with Crippen LogP contribution in [0.4, 0.5) is 0 Å². The van der Waals surface area contributed by atoms with Crippen LogP contribution in [0.5, 0.6) is 5.88 Å². The maximum atomic E-state index is 5.58. The molecule has 0 saturated heterocycles. The molecule has 16 heavy (non-hydrogen) atoms. The van der Waals surface area contributed by atoms with Crippen molar-refractivity contribution in [2.24, 2.45) is 0 Å². The second kappa shape index (κ2) is 4.35. The highest BCUT2D eigenvalue weighted by atomic mass is 16.5. The summed E-state index contributed by atoms with van der Waals surface area (Å²) < 4.78 is 10.6. The number of hydrogen-bond acceptors (Lipinski definition) is 4. The molecule has 0 N–H and O–H groups in total. The monoisotopic (exact) mass is 218 g/mol. The van der Waals surface area contributed by atoms with Gasteiger partial charge in [-0.2, -0.15) is 0 Å². The summed E-state index contributed by atoms with van der Waals surface area (Å²) in [6, 6.07) is 3.83. The molecule has 4 nitrogen and oxygen atoms in total. The number of pyridine rings is 1. The highest BCUT2D eigenvalue weighted by Gasteiger charge is 2.09. The Bertz CT molecular complexity index is 472. The smallest absolute Gasteiger partial charge is 0.213 e. The van der Waals surface area contributed by atoms with Crippen LogP contribution in [0, 0.1) is 20.8 Å². The van der Waals surface area contributed by atoms with E-state index in [0.717, 1.165) is 22.6 Å². The van der Waals surface area contributed by atoms with Crippen molar-refractivity contribution in [1.82, 2.24) is 10.1 Å². The van der Waals surface area contributed by atoms with Crippen molar-refractivity contribution in [2.45, 2.75) is 27.4 Å². The number of hydrogen-bond donors (Lipinski definition) is 0. The van der Waals surface area contributed by atoms with Gasteiger partial charge < -0.3 is 9.26 Å². The van der Waals surface area contributed by atoms with Crippen LogP contribution < -0.4 is 4.74 Å². The Morgan fingerprint density at radius 3 is 2.75 bits per heavy atom. The third kappa shape index (κ3) is 2.21. The third-order valence-corrected chi connectivity index (χ3v) is 2.44. The molecule has 0 aliphatic rings. The summed E-state index contributed by atoms with van der Waals surface area (Å²) in [5.74, 6) is 1.42. The molecule has 0 aliphatic heterocycles. The summed E-state index contributed by atoms with van der Waals surface area (Å²) in [6.45, 7) is 6.23. The third-order valence-electron chi connectivity index (χ3n) is 2.44. The van der Waals surface area contributed by atoms with Crippen LogP contribution in [0.15, 0.2) is 22.9 Å². The minimum atomic E-state index is 0.442. The first-order valence-electron chi connectivity index (χ1n) is 5.14. The molecule has 0 aliphatic carbocycles. The summed E-state index contributed by atoms with van der Waals surface area (Å²) in [5.41, 5.74) is 2.98. The number of nitrogens with zero attached hydrogens (tertiary/aromatic N) is 2. The van der Waals surface area contributed by atoms with E-state index < -0.39 is 0 Å². The van der Waals surface area contributed by atoms with E-state index in [1.807, 2.05) is 32.9 Å². The van der Waals surface area contributed by atoms with Crippen molar-refractivity contribution < 1.29 is 9.26 Å². The Hall–Kier alpha value is -1.84. The standard InChI is InChI=1S/C12H14N2O2/c1-8-4-5-13-12(6-8)15-7-11-9(2)14-16-10(11)3/h4-6H,7H2,1-3H3. The molecule has 0 spiro atoms. The first-order chi connectivity index (χ1) is 7.66. The van der Waals surface area contributed by atoms with E-state index in [2.05, 4.69) is 10.1 Å². The van der Waals surface area contributed by atoms with Crippen molar-refractivity contribution in [3.05, 3.63) is 40.9 Å². The predicted molar refractivity (Wildman–Crippen MR) is 59.3 cm³/mol. The summed E-state index contributed by atoms with van der Waals surface area (Å²) in [4.78, 5) is 4.13. The fourth-order valence-electron chi connectivity index (χ4n) is 1.44. The molecule has 0 atom stereocenters. The molecule has 2 heterocycles. The van der Waals surface area contributed by atoms with Crippen LogP contribution in [-0.2, 0) is 6.61 Å². The lowest BCUT2D eigenvalue weighted by Gasteiger charge is -2.04. The predicted octanol–water partition coefficient (Wildman–Crippen LogP) is 2.57. The average Bonchev–Trinajstić information content (AvgIpc) is 2.56. The normalized spacial score (nSPS) is 10.4. The Morgan fingerprint density at radius 1 is 1.31 bits per heavy atom. The first kappa shape index (κ1) is 10.7. The molecule has 2 rings (SSSR count). The Balaban J connectivity index is 2.08. The van der Waals surface area contributed by atoms with Gasteiger partial charge in [0.2, 0.25) is 5.88 Å². The van der Waals surface area contributed by atoms with Gasteiger partial charge in [-0.05, 0) is 32.4 Å². The first-order valence-corrected chi connectivity index (χ1v) is 5.14. The molecule has 0 saturated carbocycles. The van der Waals surface area contributed by atoms with Crippen molar-refractivity contribution in [1.29, 1.82) is 0 Å². The van der Waals surface area contributed by atoms with Gasteiger partial charge in [-0.3, -0.25) is 0 Å².